The van der Waals surface area contributed by atoms with Crippen molar-refractivity contribution in [2.45, 2.75) is 52.2 Å². The van der Waals surface area contributed by atoms with Gasteiger partial charge in [0.2, 0.25) is 0 Å². The number of nitrogens with zero attached hydrogens (tertiary/aromatic N) is 2. The Kier molecular flexibility index (Phi) is 9.15. The van der Waals surface area contributed by atoms with E-state index in [0.29, 0.717) is 6.54 Å². The Morgan fingerprint density at radius 1 is 1.30 bits per heavy atom. The molecule has 27 heavy (non-hydrogen) atoms. The maximum atomic E-state index is 5.98. The van der Waals surface area contributed by atoms with E-state index in [9.17, 15) is 0 Å². The predicted molar refractivity (Wildman–Crippen MR) is 123 cm³/mol. The lowest BCUT2D eigenvalue weighted by Crippen LogP contribution is -2.41. The van der Waals surface area contributed by atoms with Crippen molar-refractivity contribution >= 4 is 29.9 Å². The lowest BCUT2D eigenvalue weighted by molar-refractivity contribution is 0.230. The summed E-state index contributed by atoms with van der Waals surface area (Å²) >= 11 is 0. The molecule has 0 aromatic heterocycles. The van der Waals surface area contributed by atoms with Crippen molar-refractivity contribution < 1.29 is 4.74 Å². The zero-order chi connectivity index (χ0) is 18.4. The van der Waals surface area contributed by atoms with Crippen LogP contribution in [0.2, 0.25) is 0 Å². The quantitative estimate of drug-likeness (QED) is 0.336. The number of rotatable bonds is 8. The summed E-state index contributed by atoms with van der Waals surface area (Å²) in [5.41, 5.74) is 1.21. The van der Waals surface area contributed by atoms with Crippen molar-refractivity contribution in [3.05, 3.63) is 29.8 Å². The van der Waals surface area contributed by atoms with E-state index in [1.54, 1.807) is 0 Å². The molecule has 2 fully saturated rings. The zero-order valence-electron chi connectivity index (χ0n) is 16.9. The molecule has 1 aromatic carbocycles. The fraction of sp³-hybridized carbons (Fsp3) is 0.667. The molecule has 2 N–H and O–H groups in total. The second-order valence-corrected chi connectivity index (χ2v) is 7.73. The Bertz CT molecular complexity index is 606. The second kappa shape index (κ2) is 11.1. The van der Waals surface area contributed by atoms with Crippen molar-refractivity contribution in [2.75, 3.05) is 32.7 Å². The van der Waals surface area contributed by atoms with Crippen molar-refractivity contribution in [1.29, 1.82) is 0 Å². The van der Waals surface area contributed by atoms with Gasteiger partial charge in [-0.05, 0) is 70.2 Å². The van der Waals surface area contributed by atoms with Crippen LogP contribution in [-0.4, -0.2) is 55.7 Å². The maximum Gasteiger partial charge on any atom is 0.191 e. The fourth-order valence-corrected chi connectivity index (χ4v) is 3.56. The number of aliphatic imine (C=N–C) groups is 1. The van der Waals surface area contributed by atoms with E-state index < -0.39 is 0 Å². The van der Waals surface area contributed by atoms with Crippen LogP contribution in [0, 0.1) is 12.8 Å². The lowest BCUT2D eigenvalue weighted by Gasteiger charge is -2.18. The summed E-state index contributed by atoms with van der Waals surface area (Å²) in [5.74, 6) is 2.55. The molecule has 0 spiro atoms. The summed E-state index contributed by atoms with van der Waals surface area (Å²) in [5, 5.41) is 6.88. The monoisotopic (exact) mass is 486 g/mol. The standard InChI is InChI=1S/C21H34N4O.HI/c1-4-22-21(24-14-18-10-11-25(15-18)19-8-9-19)23-13-17(3)26-20-7-5-6-16(2)12-20;/h5-7,12,17-19H,4,8-11,13-15H2,1-3H3,(H2,22,23,24);1H. The first-order chi connectivity index (χ1) is 12.6. The first-order valence-electron chi connectivity index (χ1n) is 10.1. The third-order valence-corrected chi connectivity index (χ3v) is 5.12. The summed E-state index contributed by atoms with van der Waals surface area (Å²) < 4.78 is 5.98. The highest BCUT2D eigenvalue weighted by Crippen LogP contribution is 2.31. The molecular formula is C21H35IN4O. The minimum Gasteiger partial charge on any atom is -0.489 e. The van der Waals surface area contributed by atoms with E-state index in [4.69, 9.17) is 9.73 Å². The molecule has 2 unspecified atom stereocenters. The smallest absolute Gasteiger partial charge is 0.191 e. The molecule has 1 aliphatic heterocycles. The zero-order valence-corrected chi connectivity index (χ0v) is 19.2. The molecule has 1 aromatic rings. The van der Waals surface area contributed by atoms with Gasteiger partial charge in [0.25, 0.3) is 0 Å². The average Bonchev–Trinajstić information content (AvgIpc) is 3.36. The van der Waals surface area contributed by atoms with E-state index in [2.05, 4.69) is 48.4 Å². The number of hydrogen-bond acceptors (Lipinski definition) is 3. The Hall–Kier alpha value is -1.02. The molecule has 2 aliphatic rings. The third-order valence-electron chi connectivity index (χ3n) is 5.12. The van der Waals surface area contributed by atoms with Gasteiger partial charge in [0.1, 0.15) is 11.9 Å². The Morgan fingerprint density at radius 3 is 2.81 bits per heavy atom. The molecule has 6 heteroatoms. The first-order valence-corrected chi connectivity index (χ1v) is 10.1. The number of likely N-dealkylation sites (tertiary alicyclic amines) is 1. The van der Waals surface area contributed by atoms with Crippen molar-refractivity contribution in [3.63, 3.8) is 0 Å². The highest BCUT2D eigenvalue weighted by Gasteiger charge is 2.34. The number of halogens is 1. The number of hydrogen-bond donors (Lipinski definition) is 2. The number of ether oxygens (including phenoxy) is 1. The van der Waals surface area contributed by atoms with Gasteiger partial charge in [-0.3, -0.25) is 0 Å². The predicted octanol–water partition coefficient (Wildman–Crippen LogP) is 3.42. The van der Waals surface area contributed by atoms with E-state index in [1.807, 2.05) is 12.1 Å². The molecule has 1 saturated heterocycles. The van der Waals surface area contributed by atoms with Crippen LogP contribution in [0.15, 0.2) is 29.3 Å². The normalized spacial score (nSPS) is 21.4. The molecule has 0 amide bonds. The van der Waals surface area contributed by atoms with Gasteiger partial charge in [-0.1, -0.05) is 12.1 Å². The SMILES string of the molecule is CCNC(=NCC(C)Oc1cccc(C)c1)NCC1CCN(C2CC2)C1.I. The molecule has 1 saturated carbocycles. The van der Waals surface area contributed by atoms with Crippen LogP contribution in [0.1, 0.15) is 38.7 Å². The van der Waals surface area contributed by atoms with Crippen LogP contribution in [0.3, 0.4) is 0 Å². The van der Waals surface area contributed by atoms with Crippen LogP contribution >= 0.6 is 24.0 Å². The molecule has 3 rings (SSSR count). The van der Waals surface area contributed by atoms with Crippen LogP contribution in [0.5, 0.6) is 5.75 Å². The topological polar surface area (TPSA) is 48.9 Å². The Morgan fingerprint density at radius 2 is 2.11 bits per heavy atom. The molecular weight excluding hydrogens is 451 g/mol. The van der Waals surface area contributed by atoms with Crippen LogP contribution in [-0.2, 0) is 0 Å². The van der Waals surface area contributed by atoms with Crippen LogP contribution in [0.4, 0.5) is 0 Å². The summed E-state index contributed by atoms with van der Waals surface area (Å²) in [6, 6.07) is 9.06. The summed E-state index contributed by atoms with van der Waals surface area (Å²) in [7, 11) is 0. The van der Waals surface area contributed by atoms with E-state index in [0.717, 1.165) is 36.8 Å². The van der Waals surface area contributed by atoms with Crippen molar-refractivity contribution in [1.82, 2.24) is 15.5 Å². The van der Waals surface area contributed by atoms with E-state index in [1.165, 1.54) is 37.9 Å². The highest BCUT2D eigenvalue weighted by atomic mass is 127. The van der Waals surface area contributed by atoms with Gasteiger partial charge in [-0.25, -0.2) is 4.99 Å². The van der Waals surface area contributed by atoms with Gasteiger partial charge in [0, 0.05) is 25.7 Å². The molecule has 5 nitrogen and oxygen atoms in total. The maximum absolute atomic E-state index is 5.98. The molecule has 2 atom stereocenters. The van der Waals surface area contributed by atoms with Crippen LogP contribution in [0.25, 0.3) is 0 Å². The van der Waals surface area contributed by atoms with Crippen molar-refractivity contribution in [3.8, 4) is 5.75 Å². The van der Waals surface area contributed by atoms with Gasteiger partial charge in [-0.15, -0.1) is 24.0 Å². The minimum absolute atomic E-state index is 0. The summed E-state index contributed by atoms with van der Waals surface area (Å²) in [6.45, 7) is 11.3. The summed E-state index contributed by atoms with van der Waals surface area (Å²) in [4.78, 5) is 7.38. The van der Waals surface area contributed by atoms with Gasteiger partial charge in [-0.2, -0.15) is 0 Å². The molecule has 1 heterocycles. The summed E-state index contributed by atoms with van der Waals surface area (Å²) in [6.07, 6.45) is 4.16. The van der Waals surface area contributed by atoms with Crippen molar-refractivity contribution in [2.24, 2.45) is 10.9 Å². The third kappa shape index (κ3) is 7.49. The van der Waals surface area contributed by atoms with Gasteiger partial charge >= 0.3 is 0 Å². The Balaban J connectivity index is 0.00000261. The number of benzene rings is 1. The Labute approximate surface area is 181 Å². The van der Waals surface area contributed by atoms with Crippen LogP contribution < -0.4 is 15.4 Å². The van der Waals surface area contributed by atoms with E-state index in [-0.39, 0.29) is 30.1 Å². The molecule has 0 radical (unpaired) electrons. The van der Waals surface area contributed by atoms with Gasteiger partial charge < -0.3 is 20.3 Å². The molecule has 1 aliphatic carbocycles. The molecule has 152 valence electrons. The number of guanidine groups is 1. The first kappa shape index (κ1) is 22.3. The minimum atomic E-state index is 0. The highest BCUT2D eigenvalue weighted by molar-refractivity contribution is 14.0. The molecule has 0 bridgehead atoms. The number of nitrogens with one attached hydrogen (secondary N) is 2. The van der Waals surface area contributed by atoms with E-state index >= 15 is 0 Å². The van der Waals surface area contributed by atoms with Gasteiger partial charge in [0.15, 0.2) is 5.96 Å². The van der Waals surface area contributed by atoms with Gasteiger partial charge in [0.05, 0.1) is 6.54 Å². The average molecular weight is 486 g/mol. The second-order valence-electron chi connectivity index (χ2n) is 7.73. The number of aryl methyl sites for hydroxylation is 1. The lowest BCUT2D eigenvalue weighted by atomic mass is 10.1. The largest absolute Gasteiger partial charge is 0.489 e. The fourth-order valence-electron chi connectivity index (χ4n) is 3.56.